The van der Waals surface area contributed by atoms with Gasteiger partial charge in [0.1, 0.15) is 11.5 Å². The molecule has 28 heavy (non-hydrogen) atoms. The molecule has 0 bridgehead atoms. The van der Waals surface area contributed by atoms with E-state index in [9.17, 15) is 24.8 Å². The van der Waals surface area contributed by atoms with Gasteiger partial charge >= 0.3 is 7.60 Å². The maximum absolute atomic E-state index is 13.2. The Morgan fingerprint density at radius 3 is 1.50 bits per heavy atom. The smallest absolute Gasteiger partial charge is 0.416 e. The lowest BCUT2D eigenvalue weighted by molar-refractivity contribution is -0.385. The maximum atomic E-state index is 13.2. The number of benzene rings is 2. The Balaban J connectivity index is 2.35. The molecule has 2 aromatic rings. The zero-order valence-corrected chi connectivity index (χ0v) is 16.7. The van der Waals surface area contributed by atoms with Crippen LogP contribution in [0.3, 0.4) is 0 Å². The quantitative estimate of drug-likeness (QED) is 0.313. The molecule has 0 N–H and O–H groups in total. The first-order valence-electron chi connectivity index (χ1n) is 8.75. The summed E-state index contributed by atoms with van der Waals surface area (Å²) in [5.41, 5.74) is 0.900. The minimum Gasteiger partial charge on any atom is -0.416 e. The summed E-state index contributed by atoms with van der Waals surface area (Å²) in [7, 11) is -3.64. The normalized spacial score (nSPS) is 11.1. The zero-order chi connectivity index (χ0) is 20.9. The fourth-order valence-electron chi connectivity index (χ4n) is 2.54. The third-order valence-corrected chi connectivity index (χ3v) is 5.86. The summed E-state index contributed by atoms with van der Waals surface area (Å²) >= 11 is 0. The van der Waals surface area contributed by atoms with Gasteiger partial charge in [0.05, 0.1) is 16.0 Å². The van der Waals surface area contributed by atoms with E-state index in [0.29, 0.717) is 24.0 Å². The summed E-state index contributed by atoms with van der Waals surface area (Å²) in [5.74, 6) is 0.497. The zero-order valence-electron chi connectivity index (χ0n) is 15.8. The Hall–Kier alpha value is -2.93. The number of aryl methyl sites for hydroxylation is 2. The molecule has 0 radical (unpaired) electrons. The highest BCUT2D eigenvalue weighted by molar-refractivity contribution is 7.54. The van der Waals surface area contributed by atoms with Crippen molar-refractivity contribution in [2.45, 2.75) is 33.6 Å². The van der Waals surface area contributed by atoms with Crippen LogP contribution in [-0.2, 0) is 17.4 Å². The number of nitro benzene ring substituents is 2. The van der Waals surface area contributed by atoms with Crippen molar-refractivity contribution in [2.75, 3.05) is 6.16 Å². The molecule has 2 aromatic carbocycles. The van der Waals surface area contributed by atoms with E-state index >= 15 is 0 Å². The Morgan fingerprint density at radius 1 is 0.821 bits per heavy atom. The van der Waals surface area contributed by atoms with Crippen molar-refractivity contribution < 1.29 is 23.5 Å². The van der Waals surface area contributed by atoms with Gasteiger partial charge < -0.3 is 9.05 Å². The fourth-order valence-corrected chi connectivity index (χ4v) is 3.79. The third-order valence-electron chi connectivity index (χ3n) is 4.13. The highest BCUT2D eigenvalue weighted by Crippen LogP contribution is 2.50. The van der Waals surface area contributed by atoms with Gasteiger partial charge in [-0.1, -0.05) is 20.8 Å². The van der Waals surface area contributed by atoms with Crippen LogP contribution < -0.4 is 9.05 Å². The fraction of sp³-hybridized carbons (Fsp3) is 0.333. The molecule has 0 unspecified atom stereocenters. The lowest BCUT2D eigenvalue weighted by Crippen LogP contribution is -2.06. The number of nitrogens with zero attached hydrogens (tertiary/aromatic N) is 2. The predicted molar refractivity (Wildman–Crippen MR) is 104 cm³/mol. The van der Waals surface area contributed by atoms with Crippen LogP contribution in [0.25, 0.3) is 0 Å². The van der Waals surface area contributed by atoms with E-state index in [1.807, 2.05) is 0 Å². The first kappa shape index (κ1) is 21.4. The summed E-state index contributed by atoms with van der Waals surface area (Å²) in [4.78, 5) is 20.9. The highest BCUT2D eigenvalue weighted by atomic mass is 31.2. The van der Waals surface area contributed by atoms with E-state index in [0.717, 1.165) is 0 Å². The second kappa shape index (κ2) is 8.84. The molecular weight excluding hydrogens is 387 g/mol. The van der Waals surface area contributed by atoms with Crippen molar-refractivity contribution in [2.24, 2.45) is 0 Å². The Kier molecular flexibility index (Phi) is 6.75. The van der Waals surface area contributed by atoms with Gasteiger partial charge in [0, 0.05) is 35.4 Å². The Bertz CT molecular complexity index is 874. The molecule has 10 heteroatoms. The molecule has 0 saturated heterocycles. The van der Waals surface area contributed by atoms with Crippen LogP contribution in [0.5, 0.6) is 11.5 Å². The molecule has 0 heterocycles. The predicted octanol–water partition coefficient (Wildman–Crippen LogP) is 5.30. The molecule has 0 aromatic heterocycles. The topological polar surface area (TPSA) is 122 Å². The van der Waals surface area contributed by atoms with E-state index in [-0.39, 0.29) is 29.0 Å². The van der Waals surface area contributed by atoms with Crippen molar-refractivity contribution in [1.82, 2.24) is 0 Å². The van der Waals surface area contributed by atoms with Gasteiger partial charge in [-0.05, 0) is 25.0 Å². The van der Waals surface area contributed by atoms with E-state index in [4.69, 9.17) is 9.05 Å². The molecule has 9 nitrogen and oxygen atoms in total. The number of hydrogen-bond donors (Lipinski definition) is 0. The molecule has 0 aliphatic heterocycles. The van der Waals surface area contributed by atoms with Crippen LogP contribution in [0.15, 0.2) is 36.4 Å². The van der Waals surface area contributed by atoms with Crippen LogP contribution in [0.1, 0.15) is 31.9 Å². The first-order valence-corrected chi connectivity index (χ1v) is 10.5. The minimum absolute atomic E-state index is 0.0489. The average molecular weight is 408 g/mol. The number of non-ortho nitro benzene ring substituents is 2. The second-order valence-electron chi connectivity index (χ2n) is 5.92. The second-order valence-corrected chi connectivity index (χ2v) is 8.13. The molecule has 0 fully saturated rings. The summed E-state index contributed by atoms with van der Waals surface area (Å²) in [6.45, 7) is 5.24. The van der Waals surface area contributed by atoms with Crippen LogP contribution in [0, 0.1) is 20.2 Å². The number of nitro groups is 2. The summed E-state index contributed by atoms with van der Waals surface area (Å²) in [6, 6.07) is 8.10. The largest absolute Gasteiger partial charge is 0.430 e. The number of hydrogen-bond acceptors (Lipinski definition) is 7. The lowest BCUT2D eigenvalue weighted by atomic mass is 10.1. The van der Waals surface area contributed by atoms with Gasteiger partial charge in [0.15, 0.2) is 0 Å². The van der Waals surface area contributed by atoms with Crippen molar-refractivity contribution in [3.05, 3.63) is 67.8 Å². The van der Waals surface area contributed by atoms with Crippen molar-refractivity contribution >= 4 is 19.0 Å². The van der Waals surface area contributed by atoms with Gasteiger partial charge in [0.2, 0.25) is 0 Å². The van der Waals surface area contributed by atoms with Crippen LogP contribution in [-0.4, -0.2) is 16.0 Å². The molecule has 150 valence electrons. The van der Waals surface area contributed by atoms with Crippen molar-refractivity contribution in [3.63, 3.8) is 0 Å². The number of rotatable bonds is 9. The summed E-state index contributed by atoms with van der Waals surface area (Å²) < 4.78 is 24.5. The highest BCUT2D eigenvalue weighted by Gasteiger charge is 2.28. The first-order chi connectivity index (χ1) is 13.2. The molecular formula is C18H21N2O7P. The van der Waals surface area contributed by atoms with Gasteiger partial charge in [0.25, 0.3) is 11.4 Å². The molecule has 0 amide bonds. The standard InChI is InChI=1S/C18H21N2O7P/c1-4-13-11-15(19(21)22)7-9-17(13)26-28(25,6-3)27-18-10-8-16(20(23)24)12-14(18)5-2/h7-12H,4-6H2,1-3H3. The van der Waals surface area contributed by atoms with Crippen LogP contribution in [0.4, 0.5) is 11.4 Å². The molecule has 0 aliphatic rings. The minimum atomic E-state index is -3.64. The van der Waals surface area contributed by atoms with E-state index in [1.54, 1.807) is 20.8 Å². The van der Waals surface area contributed by atoms with E-state index < -0.39 is 17.4 Å². The van der Waals surface area contributed by atoms with Gasteiger partial charge in [-0.3, -0.25) is 20.2 Å². The molecule has 0 spiro atoms. The monoisotopic (exact) mass is 408 g/mol. The van der Waals surface area contributed by atoms with Crippen LogP contribution in [0.2, 0.25) is 0 Å². The van der Waals surface area contributed by atoms with Crippen LogP contribution >= 0.6 is 7.60 Å². The molecule has 2 rings (SSSR count). The van der Waals surface area contributed by atoms with Gasteiger partial charge in [-0.15, -0.1) is 0 Å². The SMILES string of the molecule is CCc1cc([N+](=O)[O-])ccc1OP(=O)(CC)Oc1ccc([N+](=O)[O-])cc1CC. The maximum Gasteiger partial charge on any atom is 0.430 e. The van der Waals surface area contributed by atoms with Crippen molar-refractivity contribution in [1.29, 1.82) is 0 Å². The summed E-state index contributed by atoms with van der Waals surface area (Å²) in [5, 5.41) is 21.9. The van der Waals surface area contributed by atoms with E-state index in [1.165, 1.54) is 36.4 Å². The van der Waals surface area contributed by atoms with Crippen molar-refractivity contribution in [3.8, 4) is 11.5 Å². The van der Waals surface area contributed by atoms with Gasteiger partial charge in [-0.25, -0.2) is 4.57 Å². The van der Waals surface area contributed by atoms with Gasteiger partial charge in [-0.2, -0.15) is 0 Å². The Labute approximate surface area is 162 Å². The summed E-state index contributed by atoms with van der Waals surface area (Å²) in [6.07, 6.45) is 0.935. The molecule has 0 atom stereocenters. The Morgan fingerprint density at radius 2 is 1.21 bits per heavy atom. The third kappa shape index (κ3) is 4.86. The molecule has 0 aliphatic carbocycles. The lowest BCUT2D eigenvalue weighted by Gasteiger charge is -2.21. The average Bonchev–Trinajstić information content (AvgIpc) is 2.68. The van der Waals surface area contributed by atoms with E-state index in [2.05, 4.69) is 0 Å². The molecule has 0 saturated carbocycles.